The molecule has 0 saturated heterocycles. The molecule has 2 rings (SSSR count). The second kappa shape index (κ2) is 12.2. The molecular formula is C26H43N3O2. The summed E-state index contributed by atoms with van der Waals surface area (Å²) in [5, 5.41) is 6.24. The van der Waals surface area contributed by atoms with Crippen molar-refractivity contribution in [2.24, 2.45) is 5.92 Å². The van der Waals surface area contributed by atoms with Crippen LogP contribution in [0, 0.1) is 5.92 Å². The van der Waals surface area contributed by atoms with E-state index in [9.17, 15) is 9.59 Å². The number of hydrogen-bond acceptors (Lipinski definition) is 3. The smallest absolute Gasteiger partial charge is 0.220 e. The highest BCUT2D eigenvalue weighted by molar-refractivity contribution is 5.79. The first kappa shape index (κ1) is 25.4. The van der Waals surface area contributed by atoms with Crippen molar-refractivity contribution in [3.63, 3.8) is 0 Å². The van der Waals surface area contributed by atoms with E-state index in [1.165, 1.54) is 5.56 Å². The largest absolute Gasteiger partial charge is 0.354 e. The summed E-state index contributed by atoms with van der Waals surface area (Å²) in [6, 6.07) is 11.1. The van der Waals surface area contributed by atoms with Crippen molar-refractivity contribution in [2.45, 2.75) is 96.2 Å². The first-order chi connectivity index (χ1) is 14.7. The SMILES string of the molecule is CC(C)CC(C)NC(=O)CCCC(=O)NC1CCC(Cc2ccccc2)(N(C)C)CC1. The molecule has 0 aliphatic heterocycles. The lowest BCUT2D eigenvalue weighted by atomic mass is 9.75. The predicted octanol–water partition coefficient (Wildman–Crippen LogP) is 4.31. The van der Waals surface area contributed by atoms with Crippen molar-refractivity contribution < 1.29 is 9.59 Å². The van der Waals surface area contributed by atoms with Crippen LogP contribution in [0.5, 0.6) is 0 Å². The average molecular weight is 430 g/mol. The van der Waals surface area contributed by atoms with Crippen molar-refractivity contribution in [3.8, 4) is 0 Å². The first-order valence-electron chi connectivity index (χ1n) is 12.0. The first-order valence-corrected chi connectivity index (χ1v) is 12.0. The molecule has 1 aromatic carbocycles. The molecule has 1 atom stereocenters. The number of carbonyl (C=O) groups excluding carboxylic acids is 2. The van der Waals surface area contributed by atoms with Gasteiger partial charge in [0.2, 0.25) is 11.8 Å². The van der Waals surface area contributed by atoms with Crippen LogP contribution in [0.4, 0.5) is 0 Å². The molecule has 1 unspecified atom stereocenters. The number of benzene rings is 1. The van der Waals surface area contributed by atoms with Gasteiger partial charge in [0.15, 0.2) is 0 Å². The van der Waals surface area contributed by atoms with Crippen LogP contribution in [0.1, 0.15) is 77.7 Å². The molecule has 5 nitrogen and oxygen atoms in total. The Morgan fingerprint density at radius 3 is 2.23 bits per heavy atom. The Labute approximate surface area is 189 Å². The summed E-state index contributed by atoms with van der Waals surface area (Å²) in [5.74, 6) is 0.694. The fourth-order valence-corrected chi connectivity index (χ4v) is 4.88. The van der Waals surface area contributed by atoms with E-state index in [1.807, 2.05) is 6.92 Å². The molecule has 0 radical (unpaired) electrons. The summed E-state index contributed by atoms with van der Waals surface area (Å²) < 4.78 is 0. The molecule has 0 aromatic heterocycles. The van der Waals surface area contributed by atoms with Gasteiger partial charge in [-0.3, -0.25) is 9.59 Å². The summed E-state index contributed by atoms with van der Waals surface area (Å²) in [7, 11) is 4.35. The Balaban J connectivity index is 1.71. The Bertz CT molecular complexity index is 679. The van der Waals surface area contributed by atoms with Crippen LogP contribution in [-0.2, 0) is 16.0 Å². The van der Waals surface area contributed by atoms with E-state index < -0.39 is 0 Å². The molecule has 1 aliphatic rings. The minimum Gasteiger partial charge on any atom is -0.354 e. The zero-order chi connectivity index (χ0) is 22.9. The van der Waals surface area contributed by atoms with Gasteiger partial charge in [-0.25, -0.2) is 0 Å². The standard InChI is InChI=1S/C26H43N3O2/c1-20(2)18-21(3)27-24(30)12-9-13-25(31)28-23-14-16-26(17-15-23,29(4)5)19-22-10-7-6-8-11-22/h6-8,10-11,20-21,23H,9,12-19H2,1-5H3,(H,27,30)(H,28,31). The summed E-state index contributed by atoms with van der Waals surface area (Å²) in [6.07, 6.45) is 7.64. The van der Waals surface area contributed by atoms with Crippen LogP contribution in [0.15, 0.2) is 30.3 Å². The average Bonchev–Trinajstić information content (AvgIpc) is 2.69. The molecule has 2 amide bonds. The Morgan fingerprint density at radius 1 is 1.03 bits per heavy atom. The number of likely N-dealkylation sites (N-methyl/N-ethyl adjacent to an activating group) is 1. The van der Waals surface area contributed by atoms with Crippen LogP contribution >= 0.6 is 0 Å². The van der Waals surface area contributed by atoms with Crippen molar-refractivity contribution in [3.05, 3.63) is 35.9 Å². The molecule has 1 saturated carbocycles. The minimum absolute atomic E-state index is 0.0512. The van der Waals surface area contributed by atoms with Gasteiger partial charge in [-0.05, 0) is 77.4 Å². The highest BCUT2D eigenvalue weighted by atomic mass is 16.2. The van der Waals surface area contributed by atoms with Gasteiger partial charge in [0.05, 0.1) is 0 Å². The fraction of sp³-hybridized carbons (Fsp3) is 0.692. The van der Waals surface area contributed by atoms with Gasteiger partial charge < -0.3 is 15.5 Å². The normalized spacial score (nSPS) is 22.4. The van der Waals surface area contributed by atoms with E-state index in [-0.39, 0.29) is 29.4 Å². The van der Waals surface area contributed by atoms with E-state index in [0.29, 0.717) is 25.2 Å². The molecule has 2 N–H and O–H groups in total. The second-order valence-corrected chi connectivity index (χ2v) is 10.1. The third-order valence-electron chi connectivity index (χ3n) is 6.65. The molecule has 1 aliphatic carbocycles. The number of nitrogens with one attached hydrogen (secondary N) is 2. The van der Waals surface area contributed by atoms with Crippen molar-refractivity contribution in [1.82, 2.24) is 15.5 Å². The van der Waals surface area contributed by atoms with E-state index in [1.54, 1.807) is 0 Å². The molecule has 0 heterocycles. The zero-order valence-electron chi connectivity index (χ0n) is 20.2. The van der Waals surface area contributed by atoms with Crippen LogP contribution in [-0.4, -0.2) is 48.4 Å². The number of hydrogen-bond donors (Lipinski definition) is 2. The van der Waals surface area contributed by atoms with Crippen LogP contribution in [0.3, 0.4) is 0 Å². The third-order valence-corrected chi connectivity index (χ3v) is 6.65. The van der Waals surface area contributed by atoms with Crippen molar-refractivity contribution >= 4 is 11.8 Å². The Morgan fingerprint density at radius 2 is 1.65 bits per heavy atom. The van der Waals surface area contributed by atoms with E-state index in [4.69, 9.17) is 0 Å². The van der Waals surface area contributed by atoms with Gasteiger partial charge >= 0.3 is 0 Å². The highest BCUT2D eigenvalue weighted by Gasteiger charge is 2.37. The molecule has 1 fully saturated rings. The lowest BCUT2D eigenvalue weighted by Gasteiger charge is -2.45. The van der Waals surface area contributed by atoms with Gasteiger partial charge in [-0.1, -0.05) is 44.2 Å². The fourth-order valence-electron chi connectivity index (χ4n) is 4.88. The maximum absolute atomic E-state index is 12.4. The molecule has 0 bridgehead atoms. The van der Waals surface area contributed by atoms with Gasteiger partial charge in [0.25, 0.3) is 0 Å². The maximum atomic E-state index is 12.4. The van der Waals surface area contributed by atoms with Gasteiger partial charge in [-0.15, -0.1) is 0 Å². The Kier molecular flexibility index (Phi) is 10.0. The summed E-state index contributed by atoms with van der Waals surface area (Å²) >= 11 is 0. The monoisotopic (exact) mass is 429 g/mol. The highest BCUT2D eigenvalue weighted by Crippen LogP contribution is 2.35. The topological polar surface area (TPSA) is 61.4 Å². The van der Waals surface area contributed by atoms with Gasteiger partial charge in [-0.2, -0.15) is 0 Å². The minimum atomic E-state index is 0.0512. The molecule has 5 heteroatoms. The summed E-state index contributed by atoms with van der Waals surface area (Å²) in [5.41, 5.74) is 1.53. The van der Waals surface area contributed by atoms with Gasteiger partial charge in [0, 0.05) is 30.5 Å². The van der Waals surface area contributed by atoms with E-state index >= 15 is 0 Å². The maximum Gasteiger partial charge on any atom is 0.220 e. The number of amides is 2. The summed E-state index contributed by atoms with van der Waals surface area (Å²) in [4.78, 5) is 26.8. The molecule has 31 heavy (non-hydrogen) atoms. The van der Waals surface area contributed by atoms with Crippen LogP contribution < -0.4 is 10.6 Å². The van der Waals surface area contributed by atoms with E-state index in [2.05, 4.69) is 73.8 Å². The van der Waals surface area contributed by atoms with Crippen LogP contribution in [0.25, 0.3) is 0 Å². The molecule has 1 aromatic rings. The molecular weight excluding hydrogens is 386 g/mol. The Hall–Kier alpha value is -1.88. The van der Waals surface area contributed by atoms with Crippen LogP contribution in [0.2, 0.25) is 0 Å². The number of rotatable bonds is 11. The summed E-state index contributed by atoms with van der Waals surface area (Å²) in [6.45, 7) is 6.35. The van der Waals surface area contributed by atoms with Crippen molar-refractivity contribution in [1.29, 1.82) is 0 Å². The van der Waals surface area contributed by atoms with Gasteiger partial charge in [0.1, 0.15) is 0 Å². The molecule has 174 valence electrons. The third kappa shape index (κ3) is 8.64. The van der Waals surface area contributed by atoms with Crippen molar-refractivity contribution in [2.75, 3.05) is 14.1 Å². The number of carbonyl (C=O) groups is 2. The molecule has 0 spiro atoms. The lowest BCUT2D eigenvalue weighted by Crippen LogP contribution is -2.52. The lowest BCUT2D eigenvalue weighted by molar-refractivity contribution is -0.123. The number of nitrogens with zero attached hydrogens (tertiary/aromatic N) is 1. The second-order valence-electron chi connectivity index (χ2n) is 10.1. The quantitative estimate of drug-likeness (QED) is 0.551. The zero-order valence-corrected chi connectivity index (χ0v) is 20.2. The van der Waals surface area contributed by atoms with E-state index in [0.717, 1.165) is 38.5 Å². The predicted molar refractivity (Wildman–Crippen MR) is 128 cm³/mol.